The summed E-state index contributed by atoms with van der Waals surface area (Å²) in [4.78, 5) is 27.2. The van der Waals surface area contributed by atoms with E-state index in [1.54, 1.807) is 14.0 Å². The molecular weight excluding hydrogens is 322 g/mol. The van der Waals surface area contributed by atoms with Crippen LogP contribution in [0.3, 0.4) is 0 Å². The van der Waals surface area contributed by atoms with Crippen LogP contribution < -0.4 is 15.4 Å². The summed E-state index contributed by atoms with van der Waals surface area (Å²) in [5, 5.41) is 5.49. The maximum absolute atomic E-state index is 12.0. The molecule has 0 saturated carbocycles. The Kier molecular flexibility index (Phi) is 6.56. The summed E-state index contributed by atoms with van der Waals surface area (Å²) in [6.45, 7) is 4.29. The number of aromatic nitrogens is 1. The third-order valence-corrected chi connectivity index (χ3v) is 3.59. The molecule has 2 aromatic rings. The van der Waals surface area contributed by atoms with E-state index in [4.69, 9.17) is 9.15 Å². The molecule has 0 aliphatic carbocycles. The van der Waals surface area contributed by atoms with Gasteiger partial charge in [0.1, 0.15) is 11.5 Å². The Balaban J connectivity index is 1.91. The van der Waals surface area contributed by atoms with Gasteiger partial charge in [0.25, 0.3) is 0 Å². The fourth-order valence-corrected chi connectivity index (χ4v) is 2.27. The highest BCUT2D eigenvalue weighted by Crippen LogP contribution is 2.25. The second kappa shape index (κ2) is 8.86. The first-order valence-electron chi connectivity index (χ1n) is 8.11. The number of nitrogens with one attached hydrogen (secondary N) is 2. The number of aryl methyl sites for hydroxylation is 1. The third kappa shape index (κ3) is 5.63. The summed E-state index contributed by atoms with van der Waals surface area (Å²) >= 11 is 0. The first-order chi connectivity index (χ1) is 12.0. The van der Waals surface area contributed by atoms with E-state index in [1.165, 1.54) is 6.92 Å². The third-order valence-electron chi connectivity index (χ3n) is 3.59. The topological polar surface area (TPSA) is 93.5 Å². The fourth-order valence-electron chi connectivity index (χ4n) is 2.27. The number of oxazole rings is 1. The molecule has 0 aliphatic rings. The number of hydrogen-bond acceptors (Lipinski definition) is 5. The van der Waals surface area contributed by atoms with Gasteiger partial charge in [-0.15, -0.1) is 0 Å². The van der Waals surface area contributed by atoms with Crippen molar-refractivity contribution in [1.29, 1.82) is 0 Å². The number of ether oxygens (including phenoxy) is 1. The van der Waals surface area contributed by atoms with Crippen LogP contribution >= 0.6 is 0 Å². The van der Waals surface area contributed by atoms with Gasteiger partial charge in [-0.3, -0.25) is 9.59 Å². The van der Waals surface area contributed by atoms with E-state index in [0.29, 0.717) is 42.6 Å². The van der Waals surface area contributed by atoms with Gasteiger partial charge in [-0.25, -0.2) is 4.98 Å². The first kappa shape index (κ1) is 18.5. The van der Waals surface area contributed by atoms with Gasteiger partial charge >= 0.3 is 0 Å². The lowest BCUT2D eigenvalue weighted by Gasteiger charge is -2.04. The van der Waals surface area contributed by atoms with Crippen LogP contribution in [0.5, 0.6) is 5.75 Å². The molecule has 0 bridgehead atoms. The van der Waals surface area contributed by atoms with Gasteiger partial charge in [0, 0.05) is 25.6 Å². The maximum atomic E-state index is 12.0. The predicted octanol–water partition coefficient (Wildman–Crippen LogP) is 1.84. The average molecular weight is 345 g/mol. The molecule has 2 N–H and O–H groups in total. The Morgan fingerprint density at radius 1 is 1.24 bits per heavy atom. The van der Waals surface area contributed by atoms with Crippen molar-refractivity contribution in [3.63, 3.8) is 0 Å². The number of amides is 2. The Morgan fingerprint density at radius 2 is 2.00 bits per heavy atom. The van der Waals surface area contributed by atoms with Gasteiger partial charge in [0.15, 0.2) is 0 Å². The number of rotatable bonds is 8. The monoisotopic (exact) mass is 345 g/mol. The van der Waals surface area contributed by atoms with Crippen LogP contribution in [-0.4, -0.2) is 37.0 Å². The highest BCUT2D eigenvalue weighted by atomic mass is 16.5. The standard InChI is InChI=1S/C18H23N3O4/c1-12-16(11-17(23)20-9-5-8-19-13(2)22)21-18(25-12)14-6-4-7-15(10-14)24-3/h4,6-7,10H,5,8-9,11H2,1-3H3,(H,19,22)(H,20,23). The largest absolute Gasteiger partial charge is 0.497 e. The second-order valence-electron chi connectivity index (χ2n) is 5.62. The number of carbonyl (C=O) groups excluding carboxylic acids is 2. The van der Waals surface area contributed by atoms with Crippen molar-refractivity contribution in [2.75, 3.05) is 20.2 Å². The van der Waals surface area contributed by atoms with Crippen molar-refractivity contribution in [2.45, 2.75) is 26.7 Å². The van der Waals surface area contributed by atoms with Crippen molar-refractivity contribution < 1.29 is 18.7 Å². The van der Waals surface area contributed by atoms with E-state index in [-0.39, 0.29) is 18.2 Å². The summed E-state index contributed by atoms with van der Waals surface area (Å²) in [6, 6.07) is 7.40. The van der Waals surface area contributed by atoms with Crippen molar-refractivity contribution in [3.8, 4) is 17.2 Å². The van der Waals surface area contributed by atoms with Crippen LogP contribution in [0.2, 0.25) is 0 Å². The van der Waals surface area contributed by atoms with Crippen molar-refractivity contribution >= 4 is 11.8 Å². The lowest BCUT2D eigenvalue weighted by molar-refractivity contribution is -0.120. The molecule has 25 heavy (non-hydrogen) atoms. The number of hydrogen-bond donors (Lipinski definition) is 2. The molecule has 7 heteroatoms. The molecule has 0 unspecified atom stereocenters. The van der Waals surface area contributed by atoms with Crippen LogP contribution in [0, 0.1) is 6.92 Å². The Labute approximate surface area is 146 Å². The van der Waals surface area contributed by atoms with Crippen LogP contribution in [0.1, 0.15) is 24.8 Å². The Bertz CT molecular complexity index is 740. The molecule has 134 valence electrons. The minimum absolute atomic E-state index is 0.0744. The predicted molar refractivity (Wildman–Crippen MR) is 93.2 cm³/mol. The van der Waals surface area contributed by atoms with Gasteiger partial charge < -0.3 is 19.8 Å². The highest BCUT2D eigenvalue weighted by molar-refractivity contribution is 5.78. The number of methoxy groups -OCH3 is 1. The van der Waals surface area contributed by atoms with Gasteiger partial charge in [0.05, 0.1) is 19.2 Å². The molecule has 0 aliphatic heterocycles. The molecular formula is C18H23N3O4. The quantitative estimate of drug-likeness (QED) is 0.712. The Morgan fingerprint density at radius 3 is 2.72 bits per heavy atom. The first-order valence-corrected chi connectivity index (χ1v) is 8.11. The molecule has 0 fully saturated rings. The lowest BCUT2D eigenvalue weighted by atomic mass is 10.2. The smallest absolute Gasteiger partial charge is 0.226 e. The van der Waals surface area contributed by atoms with E-state index in [1.807, 2.05) is 24.3 Å². The van der Waals surface area contributed by atoms with Crippen LogP contribution in [0.25, 0.3) is 11.5 Å². The molecule has 7 nitrogen and oxygen atoms in total. The van der Waals surface area contributed by atoms with Crippen molar-refractivity contribution in [1.82, 2.24) is 15.6 Å². The van der Waals surface area contributed by atoms with Gasteiger partial charge in [-0.05, 0) is 31.5 Å². The van der Waals surface area contributed by atoms with Crippen LogP contribution in [-0.2, 0) is 16.0 Å². The normalized spacial score (nSPS) is 10.4. The highest BCUT2D eigenvalue weighted by Gasteiger charge is 2.15. The lowest BCUT2D eigenvalue weighted by Crippen LogP contribution is -2.29. The molecule has 2 amide bonds. The second-order valence-corrected chi connectivity index (χ2v) is 5.62. The van der Waals surface area contributed by atoms with Gasteiger partial charge in [-0.1, -0.05) is 6.07 Å². The van der Waals surface area contributed by atoms with E-state index in [0.717, 1.165) is 5.56 Å². The molecule has 0 radical (unpaired) electrons. The van der Waals surface area contributed by atoms with E-state index >= 15 is 0 Å². The molecule has 0 atom stereocenters. The average Bonchev–Trinajstić information content (AvgIpc) is 2.95. The zero-order chi connectivity index (χ0) is 18.2. The van der Waals surface area contributed by atoms with E-state index in [9.17, 15) is 9.59 Å². The summed E-state index contributed by atoms with van der Waals surface area (Å²) in [7, 11) is 1.60. The van der Waals surface area contributed by atoms with E-state index in [2.05, 4.69) is 15.6 Å². The van der Waals surface area contributed by atoms with Crippen LogP contribution in [0.15, 0.2) is 28.7 Å². The molecule has 1 aromatic heterocycles. The molecule has 0 saturated heterocycles. The van der Waals surface area contributed by atoms with Crippen LogP contribution in [0.4, 0.5) is 0 Å². The summed E-state index contributed by atoms with van der Waals surface area (Å²) in [5.41, 5.74) is 1.40. The van der Waals surface area contributed by atoms with E-state index < -0.39 is 0 Å². The zero-order valence-electron chi connectivity index (χ0n) is 14.7. The summed E-state index contributed by atoms with van der Waals surface area (Å²) < 4.78 is 10.9. The maximum Gasteiger partial charge on any atom is 0.226 e. The minimum Gasteiger partial charge on any atom is -0.497 e. The molecule has 1 heterocycles. The molecule has 2 rings (SSSR count). The number of carbonyl (C=O) groups is 2. The van der Waals surface area contributed by atoms with Crippen molar-refractivity contribution in [3.05, 3.63) is 35.7 Å². The van der Waals surface area contributed by atoms with Crippen molar-refractivity contribution in [2.24, 2.45) is 0 Å². The molecule has 0 spiro atoms. The molecule has 1 aromatic carbocycles. The minimum atomic E-state index is -0.128. The summed E-state index contributed by atoms with van der Waals surface area (Å²) in [5.74, 6) is 1.59. The zero-order valence-corrected chi connectivity index (χ0v) is 14.7. The number of benzene rings is 1. The summed E-state index contributed by atoms with van der Waals surface area (Å²) in [6.07, 6.45) is 0.831. The van der Waals surface area contributed by atoms with Gasteiger partial charge in [0.2, 0.25) is 17.7 Å². The Hall–Kier alpha value is -2.83. The fraction of sp³-hybridized carbons (Fsp3) is 0.389. The number of nitrogens with zero attached hydrogens (tertiary/aromatic N) is 1. The SMILES string of the molecule is COc1cccc(-c2nc(CC(=O)NCCCNC(C)=O)c(C)o2)c1. The van der Waals surface area contributed by atoms with Gasteiger partial charge in [-0.2, -0.15) is 0 Å².